The van der Waals surface area contributed by atoms with Gasteiger partial charge >= 0.3 is 25.7 Å². The highest BCUT2D eigenvalue weighted by molar-refractivity contribution is 7.47. The SMILES string of the molecule is CCCCCC/C=C\CCCCCCCC(=O)OCC(COP(=O)(O)OCC(CO)OC(=O)CCCCCCCCCCCCCCCCCCC)OC(=O)CCCCCCCCC/C=C\CCCCCCCC. The van der Waals surface area contributed by atoms with Gasteiger partial charge in [0, 0.05) is 19.3 Å². The van der Waals surface area contributed by atoms with Crippen LogP contribution in [0.25, 0.3) is 0 Å². The van der Waals surface area contributed by atoms with Crippen LogP contribution in [-0.2, 0) is 42.2 Å². The fourth-order valence-electron chi connectivity index (χ4n) is 9.05. The Hall–Kier alpha value is -2.04. The number of ether oxygens (including phenoxy) is 3. The Morgan fingerprint density at radius 2 is 0.622 bits per heavy atom. The molecular formula is C62H117O11P. The lowest BCUT2D eigenvalue weighted by Crippen LogP contribution is -2.30. The van der Waals surface area contributed by atoms with Crippen LogP contribution in [0.2, 0.25) is 0 Å². The molecule has 12 heteroatoms. The monoisotopic (exact) mass is 1070 g/mol. The predicted molar refractivity (Wildman–Crippen MR) is 307 cm³/mol. The van der Waals surface area contributed by atoms with Gasteiger partial charge in [0.25, 0.3) is 0 Å². The second kappa shape index (κ2) is 57.1. The number of unbranched alkanes of at least 4 members (excludes halogenated alkanes) is 38. The molecule has 0 aromatic heterocycles. The van der Waals surface area contributed by atoms with Crippen LogP contribution in [0.1, 0.15) is 316 Å². The van der Waals surface area contributed by atoms with E-state index in [0.717, 1.165) is 83.5 Å². The number of rotatable bonds is 59. The molecule has 0 aromatic carbocycles. The number of carbonyl (C=O) groups excluding carboxylic acids is 3. The molecule has 74 heavy (non-hydrogen) atoms. The maximum atomic E-state index is 12.9. The van der Waals surface area contributed by atoms with Crippen LogP contribution in [0, 0.1) is 0 Å². The van der Waals surface area contributed by atoms with E-state index in [1.54, 1.807) is 0 Å². The average Bonchev–Trinajstić information content (AvgIpc) is 3.39. The van der Waals surface area contributed by atoms with Crippen molar-refractivity contribution in [1.29, 1.82) is 0 Å². The number of phosphoric ester groups is 1. The lowest BCUT2D eigenvalue weighted by Gasteiger charge is -2.21. The third-order valence-corrected chi connectivity index (χ3v) is 14.8. The Kier molecular flexibility index (Phi) is 55.6. The van der Waals surface area contributed by atoms with Gasteiger partial charge in [-0.15, -0.1) is 0 Å². The number of carbonyl (C=O) groups is 3. The van der Waals surface area contributed by atoms with E-state index in [9.17, 15) is 28.9 Å². The number of allylic oxidation sites excluding steroid dienone is 4. The Labute approximate surface area is 455 Å². The van der Waals surface area contributed by atoms with Crippen molar-refractivity contribution in [3.8, 4) is 0 Å². The topological polar surface area (TPSA) is 155 Å². The first-order valence-corrected chi connectivity index (χ1v) is 32.7. The standard InChI is InChI=1S/C62H117O11P/c1-4-7-10-13-16-19-22-25-27-29-31-34-37-40-43-46-49-52-61(65)72-58(54-63)56-70-74(67,68)71-57-59(55-69-60(64)51-48-45-42-39-36-33-24-21-18-15-12-9-6-3)73-62(66)53-50-47-44-41-38-35-32-30-28-26-23-20-17-14-11-8-5-2/h21,24,26,28,58-59,63H,4-20,22-23,25,27,29-57H2,1-3H3,(H,67,68)/b24-21-,28-26-. The van der Waals surface area contributed by atoms with E-state index >= 15 is 0 Å². The summed E-state index contributed by atoms with van der Waals surface area (Å²) >= 11 is 0. The minimum Gasteiger partial charge on any atom is -0.462 e. The van der Waals surface area contributed by atoms with Crippen LogP contribution in [0.15, 0.2) is 24.3 Å². The molecule has 0 aliphatic heterocycles. The van der Waals surface area contributed by atoms with Crippen molar-refractivity contribution < 1.29 is 52.2 Å². The molecule has 0 aliphatic carbocycles. The summed E-state index contributed by atoms with van der Waals surface area (Å²) in [5, 5.41) is 9.84. The zero-order valence-electron chi connectivity index (χ0n) is 48.3. The van der Waals surface area contributed by atoms with Crippen molar-refractivity contribution >= 4 is 25.7 Å². The number of hydrogen-bond acceptors (Lipinski definition) is 10. The maximum Gasteiger partial charge on any atom is 0.472 e. The van der Waals surface area contributed by atoms with Gasteiger partial charge in [0.05, 0.1) is 19.8 Å². The summed E-state index contributed by atoms with van der Waals surface area (Å²) in [6, 6.07) is 0. The highest BCUT2D eigenvalue weighted by atomic mass is 31.2. The molecule has 0 rings (SSSR count). The predicted octanol–water partition coefficient (Wildman–Crippen LogP) is 18.6. The number of phosphoric acid groups is 1. The molecule has 3 atom stereocenters. The molecule has 0 aromatic rings. The van der Waals surface area contributed by atoms with Gasteiger partial charge in [-0.2, -0.15) is 0 Å². The van der Waals surface area contributed by atoms with Crippen LogP contribution in [0.3, 0.4) is 0 Å². The zero-order valence-corrected chi connectivity index (χ0v) is 49.2. The van der Waals surface area contributed by atoms with E-state index in [1.165, 1.54) is 173 Å². The highest BCUT2D eigenvalue weighted by Gasteiger charge is 2.28. The Balaban J connectivity index is 4.64. The van der Waals surface area contributed by atoms with Crippen molar-refractivity contribution in [2.24, 2.45) is 0 Å². The van der Waals surface area contributed by atoms with Crippen LogP contribution in [0.5, 0.6) is 0 Å². The fourth-order valence-corrected chi connectivity index (χ4v) is 9.84. The lowest BCUT2D eigenvalue weighted by atomic mass is 10.0. The van der Waals surface area contributed by atoms with Gasteiger partial charge in [-0.05, 0) is 70.6 Å². The van der Waals surface area contributed by atoms with Crippen LogP contribution < -0.4 is 0 Å². The average molecular weight is 1070 g/mol. The largest absolute Gasteiger partial charge is 0.472 e. The molecule has 0 amide bonds. The Bertz CT molecular complexity index is 1340. The number of hydrogen-bond donors (Lipinski definition) is 2. The molecular weight excluding hydrogens is 952 g/mol. The van der Waals surface area contributed by atoms with Gasteiger partial charge < -0.3 is 24.2 Å². The van der Waals surface area contributed by atoms with Crippen molar-refractivity contribution in [2.45, 2.75) is 328 Å². The lowest BCUT2D eigenvalue weighted by molar-refractivity contribution is -0.161. The Morgan fingerprint density at radius 1 is 0.365 bits per heavy atom. The van der Waals surface area contributed by atoms with E-state index in [2.05, 4.69) is 45.1 Å². The second-order valence-corrected chi connectivity index (χ2v) is 22.7. The molecule has 0 heterocycles. The molecule has 0 saturated carbocycles. The smallest absolute Gasteiger partial charge is 0.462 e. The first-order chi connectivity index (χ1) is 36.2. The first kappa shape index (κ1) is 72.0. The van der Waals surface area contributed by atoms with Gasteiger partial charge in [-0.3, -0.25) is 23.4 Å². The summed E-state index contributed by atoms with van der Waals surface area (Å²) in [5.74, 6) is -1.45. The molecule has 0 aliphatic rings. The first-order valence-electron chi connectivity index (χ1n) is 31.2. The summed E-state index contributed by atoms with van der Waals surface area (Å²) in [5.41, 5.74) is 0. The molecule has 0 spiro atoms. The Morgan fingerprint density at radius 3 is 0.946 bits per heavy atom. The zero-order chi connectivity index (χ0) is 54.1. The summed E-state index contributed by atoms with van der Waals surface area (Å²) in [6.45, 7) is 4.68. The summed E-state index contributed by atoms with van der Waals surface area (Å²) < 4.78 is 39.6. The van der Waals surface area contributed by atoms with E-state index in [-0.39, 0.29) is 25.9 Å². The third-order valence-electron chi connectivity index (χ3n) is 13.8. The fraction of sp³-hybridized carbons (Fsp3) is 0.887. The minimum atomic E-state index is -4.75. The van der Waals surface area contributed by atoms with E-state index in [1.807, 2.05) is 0 Å². The van der Waals surface area contributed by atoms with Gasteiger partial charge in [0.1, 0.15) is 12.7 Å². The highest BCUT2D eigenvalue weighted by Crippen LogP contribution is 2.43. The van der Waals surface area contributed by atoms with E-state index in [4.69, 9.17) is 23.3 Å². The van der Waals surface area contributed by atoms with Gasteiger partial charge in [0.15, 0.2) is 6.10 Å². The summed E-state index contributed by atoms with van der Waals surface area (Å²) in [4.78, 5) is 48.6. The molecule has 2 N–H and O–H groups in total. The number of aliphatic hydroxyl groups is 1. The van der Waals surface area contributed by atoms with Crippen molar-refractivity contribution in [2.75, 3.05) is 26.4 Å². The van der Waals surface area contributed by atoms with E-state index in [0.29, 0.717) is 19.3 Å². The van der Waals surface area contributed by atoms with E-state index < -0.39 is 57.8 Å². The van der Waals surface area contributed by atoms with Gasteiger partial charge in [-0.1, -0.05) is 251 Å². The van der Waals surface area contributed by atoms with Gasteiger partial charge in [-0.25, -0.2) is 4.57 Å². The third kappa shape index (κ3) is 54.7. The molecule has 3 unspecified atom stereocenters. The van der Waals surface area contributed by atoms with Crippen LogP contribution >= 0.6 is 7.82 Å². The number of aliphatic hydroxyl groups excluding tert-OH is 1. The van der Waals surface area contributed by atoms with Crippen LogP contribution in [0.4, 0.5) is 0 Å². The maximum absolute atomic E-state index is 12.9. The summed E-state index contributed by atoms with van der Waals surface area (Å²) in [6.07, 6.45) is 58.4. The van der Waals surface area contributed by atoms with Crippen molar-refractivity contribution in [3.63, 3.8) is 0 Å². The summed E-state index contributed by atoms with van der Waals surface area (Å²) in [7, 11) is -4.75. The molecule has 11 nitrogen and oxygen atoms in total. The van der Waals surface area contributed by atoms with Gasteiger partial charge in [0.2, 0.25) is 0 Å². The molecule has 0 fully saturated rings. The molecule has 0 radical (unpaired) electrons. The quantitative estimate of drug-likeness (QED) is 0.0197. The molecule has 0 bridgehead atoms. The normalized spacial score (nSPS) is 13.4. The molecule has 0 saturated heterocycles. The van der Waals surface area contributed by atoms with Crippen molar-refractivity contribution in [1.82, 2.24) is 0 Å². The number of esters is 3. The second-order valence-electron chi connectivity index (χ2n) is 21.2. The van der Waals surface area contributed by atoms with Crippen molar-refractivity contribution in [3.05, 3.63) is 24.3 Å². The van der Waals surface area contributed by atoms with Crippen LogP contribution in [-0.4, -0.2) is 66.5 Å². The molecule has 436 valence electrons. The minimum absolute atomic E-state index is 0.166.